The second-order valence-corrected chi connectivity index (χ2v) is 3.19. The number of rotatable bonds is 2. The molecule has 0 saturated carbocycles. The molecule has 2 rings (SSSR count). The molecule has 1 aliphatic rings. The number of hydrogen-bond donors (Lipinski definition) is 2. The van der Waals surface area contributed by atoms with Crippen LogP contribution in [0, 0.1) is 0 Å². The molecule has 0 fully saturated rings. The molecule has 0 unspecified atom stereocenters. The van der Waals surface area contributed by atoms with Gasteiger partial charge in [0, 0.05) is 5.56 Å². The van der Waals surface area contributed by atoms with E-state index in [4.69, 9.17) is 22.8 Å². The minimum atomic E-state index is 0.364. The van der Waals surface area contributed by atoms with E-state index in [0.29, 0.717) is 4.99 Å². The fraction of sp³-hybridized carbons (Fsp3) is 0. The maximum Gasteiger partial charge on any atom is 0.131 e. The summed E-state index contributed by atoms with van der Waals surface area (Å²) in [5.41, 5.74) is 9.95. The van der Waals surface area contributed by atoms with E-state index in [1.165, 1.54) is 6.26 Å². The summed E-state index contributed by atoms with van der Waals surface area (Å²) < 4.78 is 0. The van der Waals surface area contributed by atoms with Gasteiger partial charge in [-0.2, -0.15) is 0 Å². The topological polar surface area (TPSA) is 50.5 Å². The lowest BCUT2D eigenvalue weighted by molar-refractivity contribution is 0.159. The standard InChI is InChI=1S/C9H9N3OS/c10-9(14)7-3-1-2-4-8(7)12-5-6-13-11-12/h1-6,11H,(H2,10,14). The van der Waals surface area contributed by atoms with Crippen molar-refractivity contribution in [1.29, 1.82) is 0 Å². The number of thiocarbonyl (C=S) groups is 1. The highest BCUT2D eigenvalue weighted by molar-refractivity contribution is 7.80. The largest absolute Gasteiger partial charge is 0.395 e. The van der Waals surface area contributed by atoms with E-state index in [1.807, 2.05) is 24.3 Å². The Bertz CT molecular complexity index is 391. The highest BCUT2D eigenvalue weighted by Gasteiger charge is 2.12. The molecule has 1 aromatic rings. The van der Waals surface area contributed by atoms with Gasteiger partial charge in [0.05, 0.1) is 11.9 Å². The van der Waals surface area contributed by atoms with Crippen molar-refractivity contribution in [3.63, 3.8) is 0 Å². The normalized spacial score (nSPS) is 14.1. The van der Waals surface area contributed by atoms with E-state index in [2.05, 4.69) is 5.59 Å². The molecule has 1 aromatic carbocycles. The van der Waals surface area contributed by atoms with Crippen LogP contribution in [-0.2, 0) is 4.84 Å². The Labute approximate surface area is 86.9 Å². The first-order valence-electron chi connectivity index (χ1n) is 4.05. The van der Waals surface area contributed by atoms with Gasteiger partial charge in [0.25, 0.3) is 0 Å². The minimum Gasteiger partial charge on any atom is -0.395 e. The van der Waals surface area contributed by atoms with Gasteiger partial charge >= 0.3 is 0 Å². The van der Waals surface area contributed by atoms with Crippen LogP contribution in [0.15, 0.2) is 36.7 Å². The molecule has 0 aliphatic carbocycles. The number of hydrazine groups is 1. The van der Waals surface area contributed by atoms with Gasteiger partial charge in [-0.05, 0) is 12.1 Å². The van der Waals surface area contributed by atoms with Crippen molar-refractivity contribution in [1.82, 2.24) is 5.59 Å². The van der Waals surface area contributed by atoms with E-state index in [0.717, 1.165) is 11.3 Å². The third-order valence-electron chi connectivity index (χ3n) is 1.86. The number of para-hydroxylation sites is 1. The SMILES string of the molecule is NC(=S)c1ccccc1N1C=CON1. The second-order valence-electron chi connectivity index (χ2n) is 2.75. The van der Waals surface area contributed by atoms with Crippen LogP contribution in [0.5, 0.6) is 0 Å². The fourth-order valence-electron chi connectivity index (χ4n) is 1.23. The van der Waals surface area contributed by atoms with Crippen LogP contribution in [0.25, 0.3) is 0 Å². The molecule has 1 heterocycles. The molecule has 0 saturated heterocycles. The quantitative estimate of drug-likeness (QED) is 0.710. The summed E-state index contributed by atoms with van der Waals surface area (Å²) >= 11 is 4.94. The van der Waals surface area contributed by atoms with Gasteiger partial charge in [0.1, 0.15) is 11.3 Å². The lowest BCUT2D eigenvalue weighted by atomic mass is 10.2. The first-order valence-corrected chi connectivity index (χ1v) is 4.46. The van der Waals surface area contributed by atoms with E-state index in [1.54, 1.807) is 11.2 Å². The summed E-state index contributed by atoms with van der Waals surface area (Å²) in [7, 11) is 0. The molecule has 0 radical (unpaired) electrons. The Hall–Kier alpha value is -1.59. The number of anilines is 1. The molecule has 72 valence electrons. The van der Waals surface area contributed by atoms with E-state index in [-0.39, 0.29) is 0 Å². The summed E-state index contributed by atoms with van der Waals surface area (Å²) in [5, 5.41) is 1.70. The summed E-state index contributed by atoms with van der Waals surface area (Å²) in [6, 6.07) is 7.57. The van der Waals surface area contributed by atoms with E-state index >= 15 is 0 Å². The van der Waals surface area contributed by atoms with Gasteiger partial charge in [-0.25, -0.2) is 5.01 Å². The zero-order valence-electron chi connectivity index (χ0n) is 7.31. The lowest BCUT2D eigenvalue weighted by Crippen LogP contribution is -2.29. The van der Waals surface area contributed by atoms with Gasteiger partial charge in [-0.1, -0.05) is 29.9 Å². The average Bonchev–Trinajstić information content (AvgIpc) is 2.70. The zero-order chi connectivity index (χ0) is 9.97. The molecule has 0 spiro atoms. The third kappa shape index (κ3) is 1.55. The molecule has 0 bridgehead atoms. The molecule has 0 amide bonds. The smallest absolute Gasteiger partial charge is 0.131 e. The first kappa shape index (κ1) is 8.98. The number of hydrogen-bond acceptors (Lipinski definition) is 4. The third-order valence-corrected chi connectivity index (χ3v) is 2.08. The minimum absolute atomic E-state index is 0.364. The van der Waals surface area contributed by atoms with Crippen molar-refractivity contribution in [2.24, 2.45) is 5.73 Å². The summed E-state index contributed by atoms with van der Waals surface area (Å²) in [5.74, 6) is 0. The van der Waals surface area contributed by atoms with Crippen molar-refractivity contribution >= 4 is 22.9 Å². The summed E-state index contributed by atoms with van der Waals surface area (Å²) in [6.07, 6.45) is 3.29. The Kier molecular flexibility index (Phi) is 2.34. The van der Waals surface area contributed by atoms with Crippen LogP contribution in [0.4, 0.5) is 5.69 Å². The maximum absolute atomic E-state index is 5.59. The molecule has 14 heavy (non-hydrogen) atoms. The predicted octanol–water partition coefficient (Wildman–Crippen LogP) is 1.05. The molecule has 4 nitrogen and oxygen atoms in total. The van der Waals surface area contributed by atoms with Crippen molar-refractivity contribution in [2.75, 3.05) is 5.01 Å². The van der Waals surface area contributed by atoms with Gasteiger partial charge < -0.3 is 10.6 Å². The molecular weight excluding hydrogens is 198 g/mol. The average molecular weight is 207 g/mol. The number of benzene rings is 1. The molecule has 5 heteroatoms. The zero-order valence-corrected chi connectivity index (χ0v) is 8.12. The molecule has 0 aromatic heterocycles. The Morgan fingerprint density at radius 2 is 2.21 bits per heavy atom. The predicted molar refractivity (Wildman–Crippen MR) is 58.2 cm³/mol. The number of nitrogens with one attached hydrogen (secondary N) is 1. The monoisotopic (exact) mass is 207 g/mol. The van der Waals surface area contributed by atoms with Crippen LogP contribution in [0.2, 0.25) is 0 Å². The number of nitrogens with zero attached hydrogens (tertiary/aromatic N) is 1. The van der Waals surface area contributed by atoms with E-state index < -0.39 is 0 Å². The van der Waals surface area contributed by atoms with E-state index in [9.17, 15) is 0 Å². The first-order chi connectivity index (χ1) is 6.79. The van der Waals surface area contributed by atoms with Crippen LogP contribution in [0.3, 0.4) is 0 Å². The summed E-state index contributed by atoms with van der Waals surface area (Å²) in [6.45, 7) is 0. The van der Waals surface area contributed by atoms with Crippen LogP contribution < -0.4 is 16.3 Å². The van der Waals surface area contributed by atoms with Gasteiger partial charge in [0.2, 0.25) is 0 Å². The summed E-state index contributed by atoms with van der Waals surface area (Å²) in [4.78, 5) is 5.22. The van der Waals surface area contributed by atoms with Crippen molar-refractivity contribution in [3.05, 3.63) is 42.3 Å². The second kappa shape index (κ2) is 3.65. The van der Waals surface area contributed by atoms with Gasteiger partial charge in [-0.15, -0.1) is 0 Å². The van der Waals surface area contributed by atoms with Crippen molar-refractivity contribution in [3.8, 4) is 0 Å². The van der Waals surface area contributed by atoms with Crippen molar-refractivity contribution in [2.45, 2.75) is 0 Å². The Morgan fingerprint density at radius 3 is 2.86 bits per heavy atom. The van der Waals surface area contributed by atoms with Crippen LogP contribution in [0.1, 0.15) is 5.56 Å². The Morgan fingerprint density at radius 1 is 1.43 bits per heavy atom. The van der Waals surface area contributed by atoms with Gasteiger partial charge in [-0.3, -0.25) is 0 Å². The highest BCUT2D eigenvalue weighted by Crippen LogP contribution is 2.20. The fourth-order valence-corrected chi connectivity index (χ4v) is 1.40. The lowest BCUT2D eigenvalue weighted by Gasteiger charge is -2.17. The van der Waals surface area contributed by atoms with Crippen LogP contribution in [-0.4, -0.2) is 4.99 Å². The van der Waals surface area contributed by atoms with Crippen LogP contribution >= 0.6 is 12.2 Å². The molecular formula is C9H9N3OS. The molecule has 1 aliphatic heterocycles. The number of nitrogens with two attached hydrogens (primary N) is 1. The van der Waals surface area contributed by atoms with Crippen molar-refractivity contribution < 1.29 is 4.84 Å². The van der Waals surface area contributed by atoms with Gasteiger partial charge in [0.15, 0.2) is 0 Å². The highest BCUT2D eigenvalue weighted by atomic mass is 32.1. The molecule has 3 N–H and O–H groups in total. The molecule has 0 atom stereocenters. The maximum atomic E-state index is 5.59. The Balaban J connectivity index is 2.40.